The molecule has 2 aromatic heterocycles. The van der Waals surface area contributed by atoms with E-state index in [1.165, 1.54) is 0 Å². The minimum absolute atomic E-state index is 0.0419. The van der Waals surface area contributed by atoms with Crippen LogP contribution >= 0.6 is 0 Å². The van der Waals surface area contributed by atoms with Gasteiger partial charge in [0.15, 0.2) is 5.78 Å². The monoisotopic (exact) mass is 265 g/mol. The number of para-hydroxylation sites is 1. The molecule has 3 aromatic rings. The third-order valence-corrected chi connectivity index (χ3v) is 3.37. The van der Waals surface area contributed by atoms with Crippen molar-refractivity contribution >= 4 is 28.3 Å². The van der Waals surface area contributed by atoms with Crippen molar-refractivity contribution in [2.24, 2.45) is 0 Å². The van der Waals surface area contributed by atoms with Gasteiger partial charge in [-0.15, -0.1) is 0 Å². The SMILES string of the molecule is CC(=O)c1c(N(C)c2ccccn2)[nH]c2ccccc12. The Balaban J connectivity index is 2.21. The van der Waals surface area contributed by atoms with Crippen LogP contribution in [0.15, 0.2) is 48.7 Å². The second kappa shape index (κ2) is 4.81. The van der Waals surface area contributed by atoms with Crippen LogP contribution in [-0.4, -0.2) is 22.8 Å². The molecule has 1 N–H and O–H groups in total. The van der Waals surface area contributed by atoms with Crippen molar-refractivity contribution in [2.45, 2.75) is 6.92 Å². The molecule has 0 saturated heterocycles. The van der Waals surface area contributed by atoms with Crippen molar-refractivity contribution in [3.8, 4) is 0 Å². The van der Waals surface area contributed by atoms with Gasteiger partial charge in [-0.1, -0.05) is 24.3 Å². The van der Waals surface area contributed by atoms with Gasteiger partial charge < -0.3 is 9.88 Å². The summed E-state index contributed by atoms with van der Waals surface area (Å²) in [4.78, 5) is 21.5. The van der Waals surface area contributed by atoms with E-state index in [1.807, 2.05) is 54.4 Å². The van der Waals surface area contributed by atoms with Crippen LogP contribution in [0.5, 0.6) is 0 Å². The number of carbonyl (C=O) groups excluding carboxylic acids is 1. The third-order valence-electron chi connectivity index (χ3n) is 3.37. The Morgan fingerprint density at radius 1 is 1.15 bits per heavy atom. The van der Waals surface area contributed by atoms with E-state index >= 15 is 0 Å². The highest BCUT2D eigenvalue weighted by atomic mass is 16.1. The highest BCUT2D eigenvalue weighted by molar-refractivity contribution is 6.12. The van der Waals surface area contributed by atoms with Crippen LogP contribution in [0.1, 0.15) is 17.3 Å². The van der Waals surface area contributed by atoms with Gasteiger partial charge >= 0.3 is 0 Å². The van der Waals surface area contributed by atoms with Crippen molar-refractivity contribution in [2.75, 3.05) is 11.9 Å². The number of nitrogens with zero attached hydrogens (tertiary/aromatic N) is 2. The van der Waals surface area contributed by atoms with Gasteiger partial charge in [0.25, 0.3) is 0 Å². The van der Waals surface area contributed by atoms with Crippen LogP contribution in [0.4, 0.5) is 11.6 Å². The summed E-state index contributed by atoms with van der Waals surface area (Å²) in [5, 5.41) is 0.942. The molecule has 0 aliphatic heterocycles. The summed E-state index contributed by atoms with van der Waals surface area (Å²) in [7, 11) is 1.90. The van der Waals surface area contributed by atoms with Crippen LogP contribution in [0.2, 0.25) is 0 Å². The average Bonchev–Trinajstić information content (AvgIpc) is 2.86. The molecule has 20 heavy (non-hydrogen) atoms. The Morgan fingerprint density at radius 2 is 1.90 bits per heavy atom. The summed E-state index contributed by atoms with van der Waals surface area (Å²) in [6.07, 6.45) is 1.74. The largest absolute Gasteiger partial charge is 0.340 e. The number of anilines is 2. The summed E-state index contributed by atoms with van der Waals surface area (Å²) in [6.45, 7) is 1.59. The molecule has 0 unspecified atom stereocenters. The molecular weight excluding hydrogens is 250 g/mol. The van der Waals surface area contributed by atoms with E-state index in [0.717, 1.165) is 22.5 Å². The van der Waals surface area contributed by atoms with Gasteiger partial charge in [0.05, 0.1) is 5.56 Å². The molecule has 4 heteroatoms. The lowest BCUT2D eigenvalue weighted by Gasteiger charge is -2.17. The smallest absolute Gasteiger partial charge is 0.164 e. The molecule has 0 atom stereocenters. The van der Waals surface area contributed by atoms with Crippen LogP contribution < -0.4 is 4.90 Å². The number of hydrogen-bond acceptors (Lipinski definition) is 3. The lowest BCUT2D eigenvalue weighted by Crippen LogP contribution is -2.14. The number of nitrogens with one attached hydrogen (secondary N) is 1. The number of aromatic nitrogens is 2. The summed E-state index contributed by atoms with van der Waals surface area (Å²) in [6, 6.07) is 13.5. The first-order valence-electron chi connectivity index (χ1n) is 6.45. The van der Waals surface area contributed by atoms with Crippen molar-refractivity contribution < 1.29 is 4.79 Å². The van der Waals surface area contributed by atoms with Crippen LogP contribution in [0.3, 0.4) is 0 Å². The minimum Gasteiger partial charge on any atom is -0.340 e. The number of pyridine rings is 1. The molecule has 1 aromatic carbocycles. The number of carbonyl (C=O) groups is 1. The average molecular weight is 265 g/mol. The fourth-order valence-electron chi connectivity index (χ4n) is 2.40. The number of aromatic amines is 1. The van der Waals surface area contributed by atoms with Crippen LogP contribution in [0, 0.1) is 0 Å². The Bertz CT molecular complexity index is 762. The molecule has 0 spiro atoms. The first-order valence-corrected chi connectivity index (χ1v) is 6.45. The predicted octanol–water partition coefficient (Wildman–Crippen LogP) is 3.53. The molecule has 0 fully saturated rings. The zero-order valence-corrected chi connectivity index (χ0v) is 11.4. The Kier molecular flexibility index (Phi) is 2.99. The molecule has 3 rings (SSSR count). The second-order valence-electron chi connectivity index (χ2n) is 4.70. The standard InChI is InChI=1S/C16H15N3O/c1-11(20)15-12-7-3-4-8-13(12)18-16(15)19(2)14-9-5-6-10-17-14/h3-10,18H,1-2H3. The van der Waals surface area contributed by atoms with E-state index in [4.69, 9.17) is 0 Å². The summed E-state index contributed by atoms with van der Waals surface area (Å²) in [5.41, 5.74) is 1.66. The van der Waals surface area contributed by atoms with Crippen molar-refractivity contribution in [3.63, 3.8) is 0 Å². The maximum Gasteiger partial charge on any atom is 0.164 e. The Hall–Kier alpha value is -2.62. The summed E-state index contributed by atoms with van der Waals surface area (Å²) < 4.78 is 0. The number of H-pyrrole nitrogens is 1. The van der Waals surface area contributed by atoms with Crippen molar-refractivity contribution in [1.29, 1.82) is 0 Å². The van der Waals surface area contributed by atoms with Gasteiger partial charge in [-0.3, -0.25) is 4.79 Å². The fraction of sp³-hybridized carbons (Fsp3) is 0.125. The van der Waals surface area contributed by atoms with E-state index in [1.54, 1.807) is 13.1 Å². The van der Waals surface area contributed by atoms with Gasteiger partial charge in [0.1, 0.15) is 11.6 Å². The number of hydrogen-bond donors (Lipinski definition) is 1. The van der Waals surface area contributed by atoms with E-state index in [9.17, 15) is 4.79 Å². The van der Waals surface area contributed by atoms with Crippen LogP contribution in [0.25, 0.3) is 10.9 Å². The molecule has 2 heterocycles. The van der Waals surface area contributed by atoms with Gasteiger partial charge in [0, 0.05) is 24.1 Å². The minimum atomic E-state index is 0.0419. The lowest BCUT2D eigenvalue weighted by molar-refractivity contribution is 0.102. The zero-order chi connectivity index (χ0) is 14.1. The number of benzene rings is 1. The fourth-order valence-corrected chi connectivity index (χ4v) is 2.40. The van der Waals surface area contributed by atoms with Crippen molar-refractivity contribution in [3.05, 3.63) is 54.2 Å². The first kappa shape index (κ1) is 12.4. The first-order chi connectivity index (χ1) is 9.68. The molecule has 4 nitrogen and oxygen atoms in total. The summed E-state index contributed by atoms with van der Waals surface area (Å²) in [5.74, 6) is 1.61. The lowest BCUT2D eigenvalue weighted by atomic mass is 10.1. The summed E-state index contributed by atoms with van der Waals surface area (Å²) >= 11 is 0. The number of ketones is 1. The maximum absolute atomic E-state index is 12.0. The van der Waals surface area contributed by atoms with E-state index in [-0.39, 0.29) is 5.78 Å². The van der Waals surface area contributed by atoms with E-state index in [2.05, 4.69) is 9.97 Å². The zero-order valence-electron chi connectivity index (χ0n) is 11.4. The number of rotatable bonds is 3. The molecule has 0 amide bonds. The normalized spacial score (nSPS) is 10.7. The Morgan fingerprint density at radius 3 is 2.60 bits per heavy atom. The van der Waals surface area contributed by atoms with Crippen LogP contribution in [-0.2, 0) is 0 Å². The molecular formula is C16H15N3O. The topological polar surface area (TPSA) is 49.0 Å². The van der Waals surface area contributed by atoms with Gasteiger partial charge in [-0.2, -0.15) is 0 Å². The maximum atomic E-state index is 12.0. The van der Waals surface area contributed by atoms with Crippen molar-refractivity contribution in [1.82, 2.24) is 9.97 Å². The molecule has 0 saturated carbocycles. The highest BCUT2D eigenvalue weighted by Crippen LogP contribution is 2.31. The quantitative estimate of drug-likeness (QED) is 0.737. The molecule has 100 valence electrons. The van der Waals surface area contributed by atoms with E-state index in [0.29, 0.717) is 5.56 Å². The number of fused-ring (bicyclic) bond motifs is 1. The predicted molar refractivity (Wildman–Crippen MR) is 80.6 cm³/mol. The number of Topliss-reactive ketones (excluding diaryl/α,β-unsaturated/α-hetero) is 1. The molecule has 0 bridgehead atoms. The molecule has 0 radical (unpaired) electrons. The second-order valence-corrected chi connectivity index (χ2v) is 4.70. The Labute approximate surface area is 117 Å². The van der Waals surface area contributed by atoms with Gasteiger partial charge in [-0.25, -0.2) is 4.98 Å². The molecule has 0 aliphatic rings. The van der Waals surface area contributed by atoms with E-state index < -0.39 is 0 Å². The van der Waals surface area contributed by atoms with Gasteiger partial charge in [-0.05, 0) is 25.1 Å². The highest BCUT2D eigenvalue weighted by Gasteiger charge is 2.19. The van der Waals surface area contributed by atoms with Gasteiger partial charge in [0.2, 0.25) is 0 Å². The third kappa shape index (κ3) is 1.95. The molecule has 0 aliphatic carbocycles.